The summed E-state index contributed by atoms with van der Waals surface area (Å²) >= 11 is 0. The number of amides is 1. The van der Waals surface area contributed by atoms with Gasteiger partial charge in [0.05, 0.1) is 17.9 Å². The van der Waals surface area contributed by atoms with Gasteiger partial charge in [-0.1, -0.05) is 0 Å². The van der Waals surface area contributed by atoms with Gasteiger partial charge in [-0.05, 0) is 43.4 Å². The van der Waals surface area contributed by atoms with E-state index in [-0.39, 0.29) is 11.8 Å². The Kier molecular flexibility index (Phi) is 4.63. The van der Waals surface area contributed by atoms with Crippen LogP contribution in [0.3, 0.4) is 0 Å². The minimum atomic E-state index is -4.46. The second kappa shape index (κ2) is 7.21. The standard InChI is InChI=1S/C21H22F3N5O/c22-21(23,24)19-8-14(5-6-25-19)28-9-13(10-28)7-20(30)29-11-16-15-3-1-2-4-17(15)26-27-18(16)12-29/h5-6,8,13H,1-4,7,9-12H2. The van der Waals surface area contributed by atoms with Gasteiger partial charge in [0.25, 0.3) is 0 Å². The van der Waals surface area contributed by atoms with E-state index in [0.717, 1.165) is 43.1 Å². The number of hydrogen-bond donors (Lipinski definition) is 0. The van der Waals surface area contributed by atoms with E-state index in [9.17, 15) is 18.0 Å². The van der Waals surface area contributed by atoms with Crippen LogP contribution in [0, 0.1) is 5.92 Å². The maximum atomic E-state index is 12.9. The van der Waals surface area contributed by atoms with Crippen molar-refractivity contribution in [2.24, 2.45) is 5.92 Å². The molecule has 0 unspecified atom stereocenters. The monoisotopic (exact) mass is 417 g/mol. The number of fused-ring (bicyclic) bond motifs is 3. The molecule has 6 nitrogen and oxygen atoms in total. The van der Waals surface area contributed by atoms with E-state index < -0.39 is 11.9 Å². The van der Waals surface area contributed by atoms with Crippen LogP contribution in [0.4, 0.5) is 18.9 Å². The number of anilines is 1. The minimum absolute atomic E-state index is 0.0768. The predicted octanol–water partition coefficient (Wildman–Crippen LogP) is 3.14. The first-order valence-corrected chi connectivity index (χ1v) is 10.3. The lowest BCUT2D eigenvalue weighted by molar-refractivity contribution is -0.141. The number of rotatable bonds is 3. The van der Waals surface area contributed by atoms with Crippen LogP contribution in [0.25, 0.3) is 0 Å². The Balaban J connectivity index is 1.18. The second-order valence-corrected chi connectivity index (χ2v) is 8.38. The number of hydrogen-bond acceptors (Lipinski definition) is 5. The van der Waals surface area contributed by atoms with Crippen molar-refractivity contribution in [1.29, 1.82) is 0 Å². The fourth-order valence-corrected chi connectivity index (χ4v) is 4.65. The Hall–Kier alpha value is -2.71. The van der Waals surface area contributed by atoms with Crippen LogP contribution in [0.2, 0.25) is 0 Å². The Bertz CT molecular complexity index is 987. The molecule has 158 valence electrons. The SMILES string of the molecule is O=C(CC1CN(c2ccnc(C(F)(F)F)c2)C1)N1Cc2nnc3c(c2C1)CCCC3. The largest absolute Gasteiger partial charge is 0.433 e. The number of aryl methyl sites for hydroxylation is 1. The Morgan fingerprint density at radius 1 is 1.07 bits per heavy atom. The molecule has 3 aliphatic rings. The van der Waals surface area contributed by atoms with Gasteiger partial charge in [-0.2, -0.15) is 23.4 Å². The molecule has 1 aliphatic carbocycles. The van der Waals surface area contributed by atoms with Crippen LogP contribution >= 0.6 is 0 Å². The molecule has 1 amide bonds. The van der Waals surface area contributed by atoms with Gasteiger partial charge >= 0.3 is 6.18 Å². The first-order chi connectivity index (χ1) is 14.4. The number of halogens is 3. The van der Waals surface area contributed by atoms with Crippen molar-refractivity contribution in [3.63, 3.8) is 0 Å². The third kappa shape index (κ3) is 3.50. The molecular formula is C21H22F3N5O. The molecule has 0 bridgehead atoms. The molecule has 30 heavy (non-hydrogen) atoms. The van der Waals surface area contributed by atoms with Gasteiger partial charge in [0, 0.05) is 49.4 Å². The van der Waals surface area contributed by atoms with E-state index in [0.29, 0.717) is 38.3 Å². The highest BCUT2D eigenvalue weighted by atomic mass is 19.4. The lowest BCUT2D eigenvalue weighted by Crippen LogP contribution is -2.48. The van der Waals surface area contributed by atoms with Crippen molar-refractivity contribution in [2.45, 2.75) is 51.4 Å². The van der Waals surface area contributed by atoms with E-state index in [1.54, 1.807) is 6.07 Å². The lowest BCUT2D eigenvalue weighted by atomic mass is 9.92. The number of nitrogens with zero attached hydrogens (tertiary/aromatic N) is 5. The van der Waals surface area contributed by atoms with Crippen LogP contribution in [-0.2, 0) is 36.9 Å². The van der Waals surface area contributed by atoms with Crippen LogP contribution < -0.4 is 4.90 Å². The summed E-state index contributed by atoms with van der Waals surface area (Å²) in [6.07, 6.45) is 1.40. The van der Waals surface area contributed by atoms with Gasteiger partial charge in [0.15, 0.2) is 0 Å². The number of pyridine rings is 1. The van der Waals surface area contributed by atoms with E-state index in [4.69, 9.17) is 0 Å². The average molecular weight is 417 g/mol. The molecule has 0 aromatic carbocycles. The smallest absolute Gasteiger partial charge is 0.371 e. The highest BCUT2D eigenvalue weighted by Crippen LogP contribution is 2.34. The van der Waals surface area contributed by atoms with Gasteiger partial charge in [-0.3, -0.25) is 9.78 Å². The van der Waals surface area contributed by atoms with Crippen LogP contribution in [0.5, 0.6) is 0 Å². The van der Waals surface area contributed by atoms with Gasteiger partial charge in [-0.25, -0.2) is 0 Å². The second-order valence-electron chi connectivity index (χ2n) is 8.38. The quantitative estimate of drug-likeness (QED) is 0.768. The number of carbonyl (C=O) groups excluding carboxylic acids is 1. The summed E-state index contributed by atoms with van der Waals surface area (Å²) in [4.78, 5) is 19.9. The first-order valence-electron chi connectivity index (χ1n) is 10.3. The number of carbonyl (C=O) groups is 1. The molecule has 4 heterocycles. The van der Waals surface area contributed by atoms with Crippen molar-refractivity contribution in [3.05, 3.63) is 46.5 Å². The molecule has 0 atom stereocenters. The maximum Gasteiger partial charge on any atom is 0.433 e. The summed E-state index contributed by atoms with van der Waals surface area (Å²) in [5, 5.41) is 8.71. The molecule has 0 spiro atoms. The number of alkyl halides is 3. The fourth-order valence-electron chi connectivity index (χ4n) is 4.65. The van der Waals surface area contributed by atoms with Gasteiger partial charge in [0.1, 0.15) is 5.69 Å². The van der Waals surface area contributed by atoms with Crippen LogP contribution in [0.15, 0.2) is 18.3 Å². The molecule has 9 heteroatoms. The summed E-state index contributed by atoms with van der Waals surface area (Å²) < 4.78 is 38.6. The zero-order chi connectivity index (χ0) is 20.9. The molecule has 0 N–H and O–H groups in total. The predicted molar refractivity (Wildman–Crippen MR) is 102 cm³/mol. The van der Waals surface area contributed by atoms with Gasteiger partial charge < -0.3 is 9.80 Å². The van der Waals surface area contributed by atoms with Gasteiger partial charge in [0.2, 0.25) is 5.91 Å². The topological polar surface area (TPSA) is 62.2 Å². The normalized spacial score (nSPS) is 18.8. The zero-order valence-corrected chi connectivity index (χ0v) is 16.5. The Morgan fingerprint density at radius 2 is 1.83 bits per heavy atom. The molecule has 2 aliphatic heterocycles. The molecule has 0 saturated carbocycles. The molecule has 2 aromatic heterocycles. The maximum absolute atomic E-state index is 12.9. The average Bonchev–Trinajstić information content (AvgIpc) is 3.15. The molecule has 5 rings (SSSR count). The van der Waals surface area contributed by atoms with E-state index in [1.165, 1.54) is 17.3 Å². The van der Waals surface area contributed by atoms with E-state index in [1.807, 2.05) is 9.80 Å². The van der Waals surface area contributed by atoms with Crippen molar-refractivity contribution in [3.8, 4) is 0 Å². The Morgan fingerprint density at radius 3 is 2.63 bits per heavy atom. The molecule has 0 radical (unpaired) electrons. The molecular weight excluding hydrogens is 395 g/mol. The summed E-state index contributed by atoms with van der Waals surface area (Å²) in [5.41, 5.74) is 4.07. The first kappa shape index (κ1) is 19.3. The van der Waals surface area contributed by atoms with Crippen LogP contribution in [-0.4, -0.2) is 39.1 Å². The van der Waals surface area contributed by atoms with Gasteiger partial charge in [-0.15, -0.1) is 0 Å². The fraction of sp³-hybridized carbons (Fsp3) is 0.524. The van der Waals surface area contributed by atoms with E-state index in [2.05, 4.69) is 15.2 Å². The highest BCUT2D eigenvalue weighted by molar-refractivity contribution is 5.77. The summed E-state index contributed by atoms with van der Waals surface area (Å²) in [5.74, 6) is 0.219. The Labute approximate surface area is 172 Å². The third-order valence-corrected chi connectivity index (χ3v) is 6.30. The zero-order valence-electron chi connectivity index (χ0n) is 16.5. The molecule has 1 fully saturated rings. The minimum Gasteiger partial charge on any atom is -0.371 e. The summed E-state index contributed by atoms with van der Waals surface area (Å²) in [6.45, 7) is 2.25. The third-order valence-electron chi connectivity index (χ3n) is 6.30. The van der Waals surface area contributed by atoms with Crippen molar-refractivity contribution >= 4 is 11.6 Å². The van der Waals surface area contributed by atoms with Crippen LogP contribution in [0.1, 0.15) is 47.5 Å². The lowest BCUT2D eigenvalue weighted by Gasteiger charge is -2.41. The van der Waals surface area contributed by atoms with Crippen molar-refractivity contribution < 1.29 is 18.0 Å². The molecule has 1 saturated heterocycles. The highest BCUT2D eigenvalue weighted by Gasteiger charge is 2.36. The molecule has 2 aromatic rings. The summed E-state index contributed by atoms with van der Waals surface area (Å²) in [7, 11) is 0. The van der Waals surface area contributed by atoms with Crippen molar-refractivity contribution in [2.75, 3.05) is 18.0 Å². The van der Waals surface area contributed by atoms with E-state index >= 15 is 0 Å². The summed E-state index contributed by atoms with van der Waals surface area (Å²) in [6, 6.07) is 2.64. The van der Waals surface area contributed by atoms with Crippen molar-refractivity contribution in [1.82, 2.24) is 20.1 Å². The number of aromatic nitrogens is 3.